The second-order valence-corrected chi connectivity index (χ2v) is 6.92. The van der Waals surface area contributed by atoms with E-state index < -0.39 is 0 Å². The summed E-state index contributed by atoms with van der Waals surface area (Å²) in [5, 5.41) is 0. The van der Waals surface area contributed by atoms with Gasteiger partial charge in [0.05, 0.1) is 9.83 Å². The summed E-state index contributed by atoms with van der Waals surface area (Å²) in [6, 6.07) is 4.11. The average Bonchev–Trinajstić information content (AvgIpc) is 2.60. The van der Waals surface area contributed by atoms with Crippen LogP contribution in [0.5, 0.6) is 0 Å². The van der Waals surface area contributed by atoms with Gasteiger partial charge in [-0.1, -0.05) is 6.07 Å². The Balaban J connectivity index is 2.39. The summed E-state index contributed by atoms with van der Waals surface area (Å²) in [5.41, 5.74) is 5.02. The normalized spacial score (nSPS) is 12.7. The molecule has 0 bridgehead atoms. The van der Waals surface area contributed by atoms with Crippen molar-refractivity contribution >= 4 is 43.2 Å². The van der Waals surface area contributed by atoms with E-state index in [2.05, 4.69) is 54.4 Å². The molecule has 2 aromatic rings. The van der Waals surface area contributed by atoms with Gasteiger partial charge in [0.25, 0.3) is 0 Å². The lowest BCUT2D eigenvalue weighted by atomic mass is 10.1. The summed E-state index contributed by atoms with van der Waals surface area (Å²) < 4.78 is 2.10. The van der Waals surface area contributed by atoms with Gasteiger partial charge in [0, 0.05) is 21.7 Å². The van der Waals surface area contributed by atoms with E-state index in [0.29, 0.717) is 0 Å². The fourth-order valence-electron chi connectivity index (χ4n) is 1.58. The Labute approximate surface area is 121 Å². The average molecular weight is 377 g/mol. The third-order valence-electron chi connectivity index (χ3n) is 2.34. The molecule has 1 atom stereocenters. The third kappa shape index (κ3) is 2.95. The molecule has 0 saturated heterocycles. The molecular weight excluding hydrogens is 366 g/mol. The van der Waals surface area contributed by atoms with Crippen molar-refractivity contribution in [2.24, 2.45) is 5.84 Å². The van der Waals surface area contributed by atoms with Crippen LogP contribution in [-0.2, 0) is 0 Å². The molecule has 0 amide bonds. The molecule has 17 heavy (non-hydrogen) atoms. The molecule has 0 spiro atoms. The third-order valence-corrected chi connectivity index (χ3v) is 5.67. The predicted molar refractivity (Wildman–Crippen MR) is 77.9 cm³/mol. The summed E-state index contributed by atoms with van der Waals surface area (Å²) in [4.78, 5) is 5.33. The first kappa shape index (κ1) is 13.2. The number of hydrogen-bond acceptors (Lipinski definition) is 4. The summed E-state index contributed by atoms with van der Waals surface area (Å²) >= 11 is 8.62. The molecular formula is C11H11Br2N3S. The van der Waals surface area contributed by atoms with Crippen LogP contribution in [-0.4, -0.2) is 4.98 Å². The number of aryl methyl sites for hydroxylation is 1. The van der Waals surface area contributed by atoms with Crippen molar-refractivity contribution in [2.45, 2.75) is 13.0 Å². The fourth-order valence-corrected chi connectivity index (χ4v) is 3.76. The molecule has 0 saturated carbocycles. The SMILES string of the molecule is Cc1cncc(C(NN)c2cc(Br)c(Br)s2)c1. The molecule has 0 aromatic carbocycles. The highest BCUT2D eigenvalue weighted by atomic mass is 79.9. The van der Waals surface area contributed by atoms with Crippen LogP contribution in [0.3, 0.4) is 0 Å². The number of pyridine rings is 1. The Morgan fingerprint density at radius 1 is 1.35 bits per heavy atom. The van der Waals surface area contributed by atoms with Gasteiger partial charge in [-0.3, -0.25) is 10.8 Å². The van der Waals surface area contributed by atoms with E-state index in [-0.39, 0.29) is 6.04 Å². The van der Waals surface area contributed by atoms with E-state index in [0.717, 1.165) is 24.3 Å². The first-order chi connectivity index (χ1) is 8.11. The topological polar surface area (TPSA) is 50.9 Å². The second-order valence-electron chi connectivity index (χ2n) is 3.67. The van der Waals surface area contributed by atoms with Crippen LogP contribution >= 0.6 is 43.2 Å². The van der Waals surface area contributed by atoms with Crippen molar-refractivity contribution in [1.29, 1.82) is 0 Å². The number of nitrogens with zero attached hydrogens (tertiary/aromatic N) is 1. The maximum absolute atomic E-state index is 5.64. The van der Waals surface area contributed by atoms with Crippen LogP contribution in [0.1, 0.15) is 22.0 Å². The Morgan fingerprint density at radius 3 is 2.65 bits per heavy atom. The fraction of sp³-hybridized carbons (Fsp3) is 0.182. The maximum atomic E-state index is 5.64. The number of rotatable bonds is 3. The van der Waals surface area contributed by atoms with E-state index in [1.165, 1.54) is 0 Å². The summed E-state index contributed by atoms with van der Waals surface area (Å²) in [6.45, 7) is 2.02. The van der Waals surface area contributed by atoms with Crippen molar-refractivity contribution in [3.63, 3.8) is 0 Å². The first-order valence-corrected chi connectivity index (χ1v) is 7.34. The zero-order valence-electron chi connectivity index (χ0n) is 9.08. The molecule has 2 rings (SSSR count). The maximum Gasteiger partial charge on any atom is 0.0843 e. The highest BCUT2D eigenvalue weighted by Gasteiger charge is 2.16. The van der Waals surface area contributed by atoms with Crippen molar-refractivity contribution < 1.29 is 0 Å². The van der Waals surface area contributed by atoms with E-state index in [4.69, 9.17) is 5.84 Å². The Morgan fingerprint density at radius 2 is 2.12 bits per heavy atom. The lowest BCUT2D eigenvalue weighted by Gasteiger charge is -2.14. The van der Waals surface area contributed by atoms with Crippen LogP contribution < -0.4 is 11.3 Å². The minimum Gasteiger partial charge on any atom is -0.271 e. The molecule has 0 aliphatic rings. The van der Waals surface area contributed by atoms with Gasteiger partial charge in [0.15, 0.2) is 0 Å². The second kappa shape index (κ2) is 5.58. The standard InChI is InChI=1S/C11H11Br2N3S/c1-6-2-7(5-15-4-6)10(16-14)9-3-8(12)11(13)17-9/h2-5,10,16H,14H2,1H3. The van der Waals surface area contributed by atoms with Crippen molar-refractivity contribution in [1.82, 2.24) is 10.4 Å². The molecule has 2 aromatic heterocycles. The Kier molecular flexibility index (Phi) is 4.32. The van der Waals surface area contributed by atoms with E-state index in [1.807, 2.05) is 19.3 Å². The molecule has 3 nitrogen and oxygen atoms in total. The van der Waals surface area contributed by atoms with Crippen molar-refractivity contribution in [3.8, 4) is 0 Å². The lowest BCUT2D eigenvalue weighted by molar-refractivity contribution is 0.643. The van der Waals surface area contributed by atoms with Crippen molar-refractivity contribution in [2.75, 3.05) is 0 Å². The number of halogens is 2. The molecule has 90 valence electrons. The predicted octanol–water partition coefficient (Wildman–Crippen LogP) is 3.53. The molecule has 0 radical (unpaired) electrons. The highest BCUT2D eigenvalue weighted by molar-refractivity contribution is 9.13. The van der Waals surface area contributed by atoms with Crippen LogP contribution in [0.2, 0.25) is 0 Å². The number of aromatic nitrogens is 1. The Hall–Kier alpha value is -0.270. The van der Waals surface area contributed by atoms with Gasteiger partial charge in [-0.2, -0.15) is 0 Å². The number of nitrogens with two attached hydrogens (primary N) is 1. The van der Waals surface area contributed by atoms with Crippen LogP contribution in [0, 0.1) is 6.92 Å². The van der Waals surface area contributed by atoms with Gasteiger partial charge in [0.2, 0.25) is 0 Å². The number of thiophene rings is 1. The van der Waals surface area contributed by atoms with Gasteiger partial charge in [-0.15, -0.1) is 11.3 Å². The van der Waals surface area contributed by atoms with E-state index >= 15 is 0 Å². The number of hydrogen-bond donors (Lipinski definition) is 2. The van der Waals surface area contributed by atoms with Crippen molar-refractivity contribution in [3.05, 3.63) is 48.8 Å². The van der Waals surface area contributed by atoms with E-state index in [1.54, 1.807) is 11.3 Å². The quantitative estimate of drug-likeness (QED) is 0.636. The van der Waals surface area contributed by atoms with Crippen LogP contribution in [0.4, 0.5) is 0 Å². The number of hydrazine groups is 1. The molecule has 2 heterocycles. The van der Waals surface area contributed by atoms with Gasteiger partial charge in [-0.05, 0) is 56.0 Å². The molecule has 0 fully saturated rings. The minimum atomic E-state index is -0.0324. The van der Waals surface area contributed by atoms with E-state index in [9.17, 15) is 0 Å². The first-order valence-electron chi connectivity index (χ1n) is 4.94. The zero-order valence-corrected chi connectivity index (χ0v) is 13.1. The minimum absolute atomic E-state index is 0.0324. The van der Waals surface area contributed by atoms with Gasteiger partial charge < -0.3 is 0 Å². The highest BCUT2D eigenvalue weighted by Crippen LogP contribution is 2.37. The van der Waals surface area contributed by atoms with Gasteiger partial charge in [0.1, 0.15) is 0 Å². The Bertz CT molecular complexity index is 508. The smallest absolute Gasteiger partial charge is 0.0843 e. The summed E-state index contributed by atoms with van der Waals surface area (Å²) in [6.07, 6.45) is 3.66. The van der Waals surface area contributed by atoms with Gasteiger partial charge >= 0.3 is 0 Å². The molecule has 6 heteroatoms. The zero-order chi connectivity index (χ0) is 12.4. The van der Waals surface area contributed by atoms with Crippen LogP contribution in [0.25, 0.3) is 0 Å². The molecule has 3 N–H and O–H groups in total. The summed E-state index contributed by atoms with van der Waals surface area (Å²) in [5.74, 6) is 5.64. The van der Waals surface area contributed by atoms with Crippen LogP contribution in [0.15, 0.2) is 32.8 Å². The molecule has 0 aliphatic carbocycles. The lowest BCUT2D eigenvalue weighted by Crippen LogP contribution is -2.28. The monoisotopic (exact) mass is 375 g/mol. The largest absolute Gasteiger partial charge is 0.271 e. The number of nitrogens with one attached hydrogen (secondary N) is 1. The molecule has 0 aliphatic heterocycles. The molecule has 1 unspecified atom stereocenters. The van der Waals surface area contributed by atoms with Gasteiger partial charge in [-0.25, -0.2) is 5.43 Å². The summed E-state index contributed by atoms with van der Waals surface area (Å²) in [7, 11) is 0.